The summed E-state index contributed by atoms with van der Waals surface area (Å²) >= 11 is 0. The molecule has 8 nitrogen and oxygen atoms in total. The first-order valence-corrected chi connectivity index (χ1v) is 11.4. The number of benzene rings is 1. The highest BCUT2D eigenvalue weighted by Gasteiger charge is 2.34. The Morgan fingerprint density at radius 2 is 2.12 bits per heavy atom. The fourth-order valence-electron chi connectivity index (χ4n) is 4.23. The molecule has 1 fully saturated rings. The normalized spacial score (nSPS) is 18.3. The number of carbonyl (C=O) groups excluding carboxylic acids is 1. The van der Waals surface area contributed by atoms with Crippen molar-refractivity contribution in [1.29, 1.82) is 0 Å². The molecule has 3 aromatic rings. The predicted octanol–water partition coefficient (Wildman–Crippen LogP) is 2.43. The molecule has 0 unspecified atom stereocenters. The highest BCUT2D eigenvalue weighted by atomic mass is 16.5. The van der Waals surface area contributed by atoms with E-state index < -0.39 is 5.60 Å². The van der Waals surface area contributed by atoms with Gasteiger partial charge in [0.1, 0.15) is 5.75 Å². The third-order valence-corrected chi connectivity index (χ3v) is 5.92. The van der Waals surface area contributed by atoms with Crippen molar-refractivity contribution in [2.24, 2.45) is 5.73 Å². The first kappa shape index (κ1) is 22.9. The third-order valence-electron chi connectivity index (χ3n) is 5.92. The Morgan fingerprint density at radius 1 is 1.30 bits per heavy atom. The number of nitrogens with two attached hydrogens (primary N) is 1. The summed E-state index contributed by atoms with van der Waals surface area (Å²) in [4.78, 5) is 23.7. The zero-order chi connectivity index (χ0) is 23.3. The Hall–Kier alpha value is -3.23. The maximum absolute atomic E-state index is 12.7. The molecule has 4 rings (SSSR count). The molecular weight excluding hydrogens is 418 g/mol. The Kier molecular flexibility index (Phi) is 7.05. The molecule has 0 spiro atoms. The molecule has 0 radical (unpaired) electrons. The lowest BCUT2D eigenvalue weighted by molar-refractivity contribution is 0.0257. The Balaban J connectivity index is 1.40. The topological polar surface area (TPSA) is 114 Å². The molecular formula is C25H31N5O3. The number of β-amino-alcohol motifs (C(OH)–C–C–N with tert-alkyl or cyclic N) is 1. The minimum Gasteiger partial charge on any atom is -0.494 e. The maximum atomic E-state index is 12.7. The zero-order valence-electron chi connectivity index (χ0n) is 19.0. The lowest BCUT2D eigenvalue weighted by Gasteiger charge is -2.41. The van der Waals surface area contributed by atoms with Crippen LogP contribution in [0.5, 0.6) is 5.75 Å². The van der Waals surface area contributed by atoms with E-state index in [1.54, 1.807) is 30.5 Å². The first-order valence-electron chi connectivity index (χ1n) is 11.4. The molecule has 0 bridgehead atoms. The van der Waals surface area contributed by atoms with E-state index in [9.17, 15) is 9.90 Å². The molecule has 0 saturated carbocycles. The van der Waals surface area contributed by atoms with E-state index >= 15 is 0 Å². The summed E-state index contributed by atoms with van der Waals surface area (Å²) < 4.78 is 5.58. The molecule has 0 aliphatic carbocycles. The van der Waals surface area contributed by atoms with Crippen molar-refractivity contribution in [3.63, 3.8) is 0 Å². The molecule has 33 heavy (non-hydrogen) atoms. The summed E-state index contributed by atoms with van der Waals surface area (Å²) in [6, 6.07) is 10.9. The van der Waals surface area contributed by atoms with Crippen LogP contribution in [0.2, 0.25) is 0 Å². The maximum Gasteiger partial charge on any atom is 0.251 e. The number of hydrogen-bond acceptors (Lipinski definition) is 7. The highest BCUT2D eigenvalue weighted by molar-refractivity contribution is 5.94. The Labute approximate surface area is 193 Å². The third kappa shape index (κ3) is 5.58. The number of nitrogens with zero attached hydrogens (tertiary/aromatic N) is 3. The number of ether oxygens (including phenoxy) is 1. The highest BCUT2D eigenvalue weighted by Crippen LogP contribution is 2.31. The van der Waals surface area contributed by atoms with Gasteiger partial charge in [-0.2, -0.15) is 0 Å². The van der Waals surface area contributed by atoms with E-state index in [0.29, 0.717) is 37.4 Å². The van der Waals surface area contributed by atoms with Crippen LogP contribution in [0.4, 0.5) is 5.69 Å². The van der Waals surface area contributed by atoms with Gasteiger partial charge in [0.15, 0.2) is 0 Å². The van der Waals surface area contributed by atoms with Gasteiger partial charge in [0.05, 0.1) is 17.7 Å². The van der Waals surface area contributed by atoms with Crippen LogP contribution >= 0.6 is 0 Å². The molecule has 1 amide bonds. The van der Waals surface area contributed by atoms with Gasteiger partial charge in [0.2, 0.25) is 0 Å². The van der Waals surface area contributed by atoms with Crippen molar-refractivity contribution in [3.8, 4) is 5.75 Å². The lowest BCUT2D eigenvalue weighted by Crippen LogP contribution is -2.54. The second-order valence-electron chi connectivity index (χ2n) is 8.62. The molecule has 1 saturated heterocycles. The largest absolute Gasteiger partial charge is 0.494 e. The van der Waals surface area contributed by atoms with Crippen LogP contribution < -0.4 is 20.7 Å². The molecule has 1 aromatic carbocycles. The SMILES string of the molecule is Cc1cc(N2CCC[C@@](O)(CNC(=O)c3ccc(OCCCN)cc3)C2)c2cnccc2n1. The molecule has 174 valence electrons. The number of aliphatic hydroxyl groups is 1. The van der Waals surface area contributed by atoms with E-state index in [1.165, 1.54) is 0 Å². The first-order chi connectivity index (χ1) is 16.0. The standard InChI is InChI=1S/C25H31N5O3/c1-18-14-23(21-15-27-11-8-22(21)29-18)30-12-2-9-25(32,17-30)16-28-24(31)19-4-6-20(7-5-19)33-13-3-10-26/h4-8,11,14-15,32H,2-3,9-10,12-13,16-17,26H2,1H3,(H,28,31)/t25-/m1/s1. The van der Waals surface area contributed by atoms with Crippen molar-refractivity contribution in [2.75, 3.05) is 37.7 Å². The van der Waals surface area contributed by atoms with Crippen LogP contribution in [0.1, 0.15) is 35.3 Å². The van der Waals surface area contributed by atoms with Crippen molar-refractivity contribution < 1.29 is 14.6 Å². The van der Waals surface area contributed by atoms with Crippen LogP contribution in [-0.4, -0.2) is 59.4 Å². The van der Waals surface area contributed by atoms with E-state index in [1.807, 2.05) is 25.3 Å². The summed E-state index contributed by atoms with van der Waals surface area (Å²) in [5, 5.41) is 15.2. The number of aromatic nitrogens is 2. The van der Waals surface area contributed by atoms with E-state index in [0.717, 1.165) is 41.7 Å². The number of amides is 1. The smallest absolute Gasteiger partial charge is 0.251 e. The lowest BCUT2D eigenvalue weighted by atomic mass is 9.92. The second kappa shape index (κ2) is 10.1. The number of fused-ring (bicyclic) bond motifs is 1. The van der Waals surface area contributed by atoms with Crippen LogP contribution in [0.25, 0.3) is 10.9 Å². The minimum atomic E-state index is -1.02. The number of piperidine rings is 1. The number of rotatable bonds is 8. The Bertz CT molecular complexity index is 1100. The van der Waals surface area contributed by atoms with Gasteiger partial charge in [-0.3, -0.25) is 14.8 Å². The van der Waals surface area contributed by atoms with E-state index in [4.69, 9.17) is 10.5 Å². The number of aryl methyl sites for hydroxylation is 1. The number of nitrogens with one attached hydrogen (secondary N) is 1. The van der Waals surface area contributed by atoms with Gasteiger partial charge < -0.3 is 25.8 Å². The monoisotopic (exact) mass is 449 g/mol. The summed E-state index contributed by atoms with van der Waals surface area (Å²) in [6.07, 6.45) is 5.78. The van der Waals surface area contributed by atoms with Crippen LogP contribution in [0.3, 0.4) is 0 Å². The molecule has 4 N–H and O–H groups in total. The van der Waals surface area contributed by atoms with Crippen molar-refractivity contribution in [3.05, 3.63) is 60.0 Å². The molecule has 1 aliphatic rings. The van der Waals surface area contributed by atoms with E-state index in [-0.39, 0.29) is 12.5 Å². The van der Waals surface area contributed by atoms with Crippen LogP contribution in [-0.2, 0) is 0 Å². The number of hydrogen-bond donors (Lipinski definition) is 3. The van der Waals surface area contributed by atoms with Gasteiger partial charge in [0.25, 0.3) is 5.91 Å². The summed E-state index contributed by atoms with van der Waals surface area (Å²) in [6.45, 7) is 4.53. The predicted molar refractivity (Wildman–Crippen MR) is 129 cm³/mol. The van der Waals surface area contributed by atoms with Gasteiger partial charge in [0, 0.05) is 54.4 Å². The van der Waals surface area contributed by atoms with Crippen molar-refractivity contribution in [1.82, 2.24) is 15.3 Å². The summed E-state index contributed by atoms with van der Waals surface area (Å²) in [7, 11) is 0. The van der Waals surface area contributed by atoms with Gasteiger partial charge >= 0.3 is 0 Å². The minimum absolute atomic E-state index is 0.178. The molecule has 2 aromatic heterocycles. The molecule has 8 heteroatoms. The summed E-state index contributed by atoms with van der Waals surface area (Å²) in [5.41, 5.74) is 7.80. The van der Waals surface area contributed by atoms with Crippen LogP contribution in [0.15, 0.2) is 48.8 Å². The average Bonchev–Trinajstić information content (AvgIpc) is 2.82. The van der Waals surface area contributed by atoms with Gasteiger partial charge in [-0.1, -0.05) is 0 Å². The van der Waals surface area contributed by atoms with E-state index in [2.05, 4.69) is 20.2 Å². The number of carbonyl (C=O) groups is 1. The van der Waals surface area contributed by atoms with Gasteiger partial charge in [-0.25, -0.2) is 0 Å². The Morgan fingerprint density at radius 3 is 2.91 bits per heavy atom. The van der Waals surface area contributed by atoms with Gasteiger partial charge in [-0.05, 0) is 69.1 Å². The molecule has 1 aliphatic heterocycles. The average molecular weight is 450 g/mol. The number of anilines is 1. The van der Waals surface area contributed by atoms with Crippen molar-refractivity contribution in [2.45, 2.75) is 31.8 Å². The quantitative estimate of drug-likeness (QED) is 0.453. The number of pyridine rings is 2. The second-order valence-corrected chi connectivity index (χ2v) is 8.62. The van der Waals surface area contributed by atoms with Crippen molar-refractivity contribution >= 4 is 22.5 Å². The van der Waals surface area contributed by atoms with Gasteiger partial charge in [-0.15, -0.1) is 0 Å². The molecule has 3 heterocycles. The molecule has 1 atom stereocenters. The zero-order valence-corrected chi connectivity index (χ0v) is 19.0. The fourth-order valence-corrected chi connectivity index (χ4v) is 4.23. The fraction of sp³-hybridized carbons (Fsp3) is 0.400. The van der Waals surface area contributed by atoms with Crippen LogP contribution in [0, 0.1) is 6.92 Å². The summed E-state index contributed by atoms with van der Waals surface area (Å²) in [5.74, 6) is 0.486.